The minimum absolute atomic E-state index is 0.164. The molecule has 0 saturated carbocycles. The number of fused-ring (bicyclic) bond motifs is 2. The van der Waals surface area contributed by atoms with E-state index in [1.165, 1.54) is 5.56 Å². The first-order chi connectivity index (χ1) is 14.6. The number of hydrogen-bond donors (Lipinski definition) is 3. The molecule has 0 fully saturated rings. The first-order valence-corrected chi connectivity index (χ1v) is 10.0. The number of allylic oxidation sites excluding steroid dienone is 2. The molecule has 5 nitrogen and oxygen atoms in total. The average Bonchev–Trinajstić information content (AvgIpc) is 2.79. The van der Waals surface area contributed by atoms with Crippen LogP contribution >= 0.6 is 0 Å². The summed E-state index contributed by atoms with van der Waals surface area (Å²) in [5.74, 6) is 0.803. The van der Waals surface area contributed by atoms with Crippen LogP contribution in [0.25, 0.3) is 11.1 Å². The van der Waals surface area contributed by atoms with E-state index >= 15 is 0 Å². The lowest BCUT2D eigenvalue weighted by Crippen LogP contribution is -2.27. The maximum atomic E-state index is 9.77. The Morgan fingerprint density at radius 1 is 1.07 bits per heavy atom. The second kappa shape index (κ2) is 7.35. The number of nitrogens with zero attached hydrogens (tertiary/aromatic N) is 1. The molecule has 1 unspecified atom stereocenters. The van der Waals surface area contributed by atoms with Crippen molar-refractivity contribution in [1.82, 2.24) is 0 Å². The highest BCUT2D eigenvalue weighted by atomic mass is 16.5. The smallest absolute Gasteiger partial charge is 0.130 e. The summed E-state index contributed by atoms with van der Waals surface area (Å²) in [5.41, 5.74) is 14.8. The summed E-state index contributed by atoms with van der Waals surface area (Å²) in [7, 11) is 1.60. The van der Waals surface area contributed by atoms with E-state index in [-0.39, 0.29) is 11.8 Å². The van der Waals surface area contributed by atoms with Crippen molar-refractivity contribution in [2.24, 2.45) is 10.7 Å². The van der Waals surface area contributed by atoms with Gasteiger partial charge in [-0.1, -0.05) is 36.4 Å². The summed E-state index contributed by atoms with van der Waals surface area (Å²) < 4.78 is 5.47. The van der Waals surface area contributed by atoms with Gasteiger partial charge in [-0.2, -0.15) is 0 Å². The molecule has 3 aromatic carbocycles. The second-order valence-electron chi connectivity index (χ2n) is 7.59. The van der Waals surface area contributed by atoms with Gasteiger partial charge < -0.3 is 20.9 Å². The molecule has 30 heavy (non-hydrogen) atoms. The Morgan fingerprint density at radius 2 is 1.90 bits per heavy atom. The summed E-state index contributed by atoms with van der Waals surface area (Å²) >= 11 is 0. The molecule has 150 valence electrons. The van der Waals surface area contributed by atoms with E-state index in [0.717, 1.165) is 45.8 Å². The molecule has 0 spiro atoms. The topological polar surface area (TPSA) is 79.9 Å². The number of methoxy groups -OCH3 is 1. The van der Waals surface area contributed by atoms with Crippen LogP contribution in [0.1, 0.15) is 22.7 Å². The van der Waals surface area contributed by atoms with Gasteiger partial charge in [0.1, 0.15) is 11.5 Å². The molecular formula is C25H23N3O2. The van der Waals surface area contributed by atoms with Crippen molar-refractivity contribution in [2.45, 2.75) is 12.5 Å². The van der Waals surface area contributed by atoms with Gasteiger partial charge >= 0.3 is 0 Å². The molecule has 2 aliphatic rings. The first-order valence-electron chi connectivity index (χ1n) is 10.0. The number of para-hydroxylation sites is 1. The van der Waals surface area contributed by atoms with Crippen LogP contribution < -0.4 is 15.8 Å². The predicted molar refractivity (Wildman–Crippen MR) is 120 cm³/mol. The van der Waals surface area contributed by atoms with Gasteiger partial charge in [0, 0.05) is 22.9 Å². The number of aliphatic imine (C=N–C) groups is 1. The molecule has 0 aliphatic carbocycles. The number of nitrogens with one attached hydrogen (secondary N) is 1. The van der Waals surface area contributed by atoms with E-state index in [1.54, 1.807) is 19.2 Å². The number of nitrogens with two attached hydrogens (primary N) is 1. The largest absolute Gasteiger partial charge is 0.508 e. The fourth-order valence-corrected chi connectivity index (χ4v) is 4.16. The molecule has 5 heteroatoms. The van der Waals surface area contributed by atoms with Crippen LogP contribution in [-0.4, -0.2) is 24.5 Å². The summed E-state index contributed by atoms with van der Waals surface area (Å²) in [5, 5.41) is 13.3. The Balaban J connectivity index is 1.54. The lowest BCUT2D eigenvalue weighted by molar-refractivity contribution is 0.409. The lowest BCUT2D eigenvalue weighted by atomic mass is 9.88. The molecule has 4 N–H and O–H groups in total. The minimum Gasteiger partial charge on any atom is -0.508 e. The highest BCUT2D eigenvalue weighted by Crippen LogP contribution is 2.36. The molecule has 3 aromatic rings. The van der Waals surface area contributed by atoms with Crippen molar-refractivity contribution in [3.8, 4) is 22.6 Å². The van der Waals surface area contributed by atoms with E-state index in [0.29, 0.717) is 12.3 Å². The number of phenols is 1. The number of anilines is 1. The maximum absolute atomic E-state index is 9.77. The Hall–Kier alpha value is -3.57. The zero-order chi connectivity index (χ0) is 20.7. The van der Waals surface area contributed by atoms with Crippen molar-refractivity contribution >= 4 is 11.4 Å². The van der Waals surface area contributed by atoms with E-state index in [9.17, 15) is 5.11 Å². The van der Waals surface area contributed by atoms with Gasteiger partial charge in [-0.05, 0) is 47.4 Å². The quantitative estimate of drug-likeness (QED) is 0.611. The van der Waals surface area contributed by atoms with Gasteiger partial charge in [0.25, 0.3) is 0 Å². The Bertz CT molecular complexity index is 1200. The fourth-order valence-electron chi connectivity index (χ4n) is 4.16. The van der Waals surface area contributed by atoms with Gasteiger partial charge in [-0.3, -0.25) is 4.99 Å². The molecule has 0 radical (unpaired) electrons. The molecule has 2 heterocycles. The van der Waals surface area contributed by atoms with Crippen molar-refractivity contribution in [2.75, 3.05) is 19.0 Å². The lowest BCUT2D eigenvalue weighted by Gasteiger charge is -2.27. The van der Waals surface area contributed by atoms with Gasteiger partial charge in [-0.25, -0.2) is 0 Å². The van der Waals surface area contributed by atoms with Crippen molar-refractivity contribution in [3.63, 3.8) is 0 Å². The average molecular weight is 397 g/mol. The molecule has 2 aliphatic heterocycles. The summed E-state index contributed by atoms with van der Waals surface area (Å²) in [6.07, 6.45) is 3.07. The molecule has 0 bridgehead atoms. The van der Waals surface area contributed by atoms with E-state index in [4.69, 9.17) is 15.5 Å². The SMILES string of the molecule is COc1cc(O)ccc1-c1ccc2c(c1)C(N)CN=C2C1=CCc2ccccc2N1. The minimum atomic E-state index is -0.164. The van der Waals surface area contributed by atoms with Crippen LogP contribution in [-0.2, 0) is 6.42 Å². The fraction of sp³-hybridized carbons (Fsp3) is 0.160. The molecule has 0 amide bonds. The zero-order valence-electron chi connectivity index (χ0n) is 16.7. The van der Waals surface area contributed by atoms with Crippen LogP contribution in [0.15, 0.2) is 77.4 Å². The molecule has 0 aromatic heterocycles. The first kappa shape index (κ1) is 18.5. The molecule has 0 saturated heterocycles. The summed E-state index contributed by atoms with van der Waals surface area (Å²) in [6.45, 7) is 0.541. The van der Waals surface area contributed by atoms with Crippen LogP contribution in [0.2, 0.25) is 0 Å². The van der Waals surface area contributed by atoms with Crippen LogP contribution in [0, 0.1) is 0 Å². The standard InChI is InChI=1S/C25H23N3O2/c1-30-24-13-17(29)8-10-18(24)16-6-9-19-20(12-16)21(26)14-27-25(19)23-11-7-15-4-2-3-5-22(15)28-23/h2-6,8-13,21,28-29H,7,14,26H2,1H3. The predicted octanol–water partition coefficient (Wildman–Crippen LogP) is 4.42. The van der Waals surface area contributed by atoms with Crippen LogP contribution in [0.3, 0.4) is 0 Å². The third kappa shape index (κ3) is 3.13. The van der Waals surface area contributed by atoms with Crippen LogP contribution in [0.4, 0.5) is 5.69 Å². The van der Waals surface area contributed by atoms with E-state index in [1.807, 2.05) is 12.1 Å². The number of ether oxygens (including phenoxy) is 1. The van der Waals surface area contributed by atoms with Crippen LogP contribution in [0.5, 0.6) is 11.5 Å². The highest BCUT2D eigenvalue weighted by molar-refractivity contribution is 6.16. The van der Waals surface area contributed by atoms with Gasteiger partial charge in [0.2, 0.25) is 0 Å². The van der Waals surface area contributed by atoms with Crippen molar-refractivity contribution < 1.29 is 9.84 Å². The maximum Gasteiger partial charge on any atom is 0.130 e. The third-order valence-electron chi connectivity index (χ3n) is 5.72. The highest BCUT2D eigenvalue weighted by Gasteiger charge is 2.25. The van der Waals surface area contributed by atoms with Crippen molar-refractivity contribution in [3.05, 3.63) is 89.1 Å². The summed E-state index contributed by atoms with van der Waals surface area (Å²) in [4.78, 5) is 4.80. The van der Waals surface area contributed by atoms with Gasteiger partial charge in [0.05, 0.1) is 31.1 Å². The van der Waals surface area contributed by atoms with E-state index < -0.39 is 0 Å². The number of aromatic hydroxyl groups is 1. The Morgan fingerprint density at radius 3 is 2.77 bits per heavy atom. The third-order valence-corrected chi connectivity index (χ3v) is 5.72. The number of phenolic OH excluding ortho intramolecular Hbond substituents is 1. The molecule has 1 atom stereocenters. The van der Waals surface area contributed by atoms with Gasteiger partial charge in [-0.15, -0.1) is 0 Å². The molecular weight excluding hydrogens is 374 g/mol. The molecule has 5 rings (SSSR count). The normalized spacial score (nSPS) is 17.2. The van der Waals surface area contributed by atoms with Crippen molar-refractivity contribution in [1.29, 1.82) is 0 Å². The van der Waals surface area contributed by atoms with E-state index in [2.05, 4.69) is 47.8 Å². The number of hydrogen-bond acceptors (Lipinski definition) is 5. The van der Waals surface area contributed by atoms with Gasteiger partial charge in [0.15, 0.2) is 0 Å². The number of benzene rings is 3. The second-order valence-corrected chi connectivity index (χ2v) is 7.59. The Kier molecular flexibility index (Phi) is 4.52. The Labute approximate surface area is 175 Å². The number of rotatable bonds is 3. The summed E-state index contributed by atoms with van der Waals surface area (Å²) in [6, 6.07) is 19.6. The monoisotopic (exact) mass is 397 g/mol. The zero-order valence-corrected chi connectivity index (χ0v) is 16.7.